The summed E-state index contributed by atoms with van der Waals surface area (Å²) in [5.74, 6) is 0.148. The van der Waals surface area contributed by atoms with Crippen LogP contribution in [0, 0.1) is 0 Å². The minimum absolute atomic E-state index is 0.00660. The second-order valence-corrected chi connectivity index (χ2v) is 4.37. The van der Waals surface area contributed by atoms with Gasteiger partial charge in [0.2, 0.25) is 5.91 Å². The lowest BCUT2D eigenvalue weighted by atomic mass is 10.1. The zero-order chi connectivity index (χ0) is 12.8. The molecule has 1 aliphatic rings. The van der Waals surface area contributed by atoms with E-state index in [0.717, 1.165) is 31.7 Å². The Labute approximate surface area is 108 Å². The number of aromatic nitrogens is 1. The Morgan fingerprint density at radius 2 is 2.44 bits per heavy atom. The predicted molar refractivity (Wildman–Crippen MR) is 71.9 cm³/mol. The van der Waals surface area contributed by atoms with Crippen LogP contribution < -0.4 is 5.32 Å². The Kier molecular flexibility index (Phi) is 4.47. The minimum atomic E-state index is 0.00660. The van der Waals surface area contributed by atoms with Gasteiger partial charge in [-0.25, -0.2) is 0 Å². The molecular weight excluding hydrogens is 226 g/mol. The van der Waals surface area contributed by atoms with Crippen molar-refractivity contribution in [2.24, 2.45) is 0 Å². The van der Waals surface area contributed by atoms with Crippen molar-refractivity contribution in [3.05, 3.63) is 36.2 Å². The molecule has 2 rings (SSSR count). The van der Waals surface area contributed by atoms with Gasteiger partial charge in [0.05, 0.1) is 11.7 Å². The van der Waals surface area contributed by atoms with Crippen LogP contribution in [-0.4, -0.2) is 41.5 Å². The van der Waals surface area contributed by atoms with Gasteiger partial charge >= 0.3 is 0 Å². The van der Waals surface area contributed by atoms with Crippen LogP contribution in [0.4, 0.5) is 0 Å². The van der Waals surface area contributed by atoms with Crippen LogP contribution in [0.5, 0.6) is 0 Å². The Balaban J connectivity index is 1.92. The third-order valence-corrected chi connectivity index (χ3v) is 3.14. The molecule has 1 atom stereocenters. The fourth-order valence-corrected chi connectivity index (χ4v) is 2.21. The van der Waals surface area contributed by atoms with Gasteiger partial charge in [0.1, 0.15) is 0 Å². The molecule has 4 heteroatoms. The maximum atomic E-state index is 11.7. The lowest BCUT2D eigenvalue weighted by Crippen LogP contribution is -2.54. The van der Waals surface area contributed by atoms with Crippen LogP contribution in [-0.2, 0) is 4.79 Å². The average molecular weight is 245 g/mol. The number of rotatable bonds is 4. The van der Waals surface area contributed by atoms with Crippen LogP contribution in [0.3, 0.4) is 0 Å². The van der Waals surface area contributed by atoms with Crippen LogP contribution in [0.2, 0.25) is 0 Å². The molecule has 1 saturated heterocycles. The number of nitrogens with zero attached hydrogens (tertiary/aromatic N) is 2. The fraction of sp³-hybridized carbons (Fsp3) is 0.429. The van der Waals surface area contributed by atoms with E-state index in [1.165, 1.54) is 0 Å². The highest BCUT2D eigenvalue weighted by atomic mass is 16.2. The van der Waals surface area contributed by atoms with Gasteiger partial charge in [0, 0.05) is 25.8 Å². The molecule has 1 unspecified atom stereocenters. The van der Waals surface area contributed by atoms with Crippen molar-refractivity contribution in [1.29, 1.82) is 0 Å². The second-order valence-electron chi connectivity index (χ2n) is 4.37. The normalized spacial score (nSPS) is 21.2. The summed E-state index contributed by atoms with van der Waals surface area (Å²) in [7, 11) is 0. The Bertz CT molecular complexity index is 416. The highest BCUT2D eigenvalue weighted by Gasteiger charge is 2.26. The van der Waals surface area contributed by atoms with Gasteiger partial charge in [0.25, 0.3) is 0 Å². The zero-order valence-corrected chi connectivity index (χ0v) is 10.7. The molecule has 0 saturated carbocycles. The summed E-state index contributed by atoms with van der Waals surface area (Å²) < 4.78 is 0. The van der Waals surface area contributed by atoms with Gasteiger partial charge < -0.3 is 5.32 Å². The van der Waals surface area contributed by atoms with E-state index in [2.05, 4.69) is 21.3 Å². The van der Waals surface area contributed by atoms with Crippen molar-refractivity contribution in [2.45, 2.75) is 19.4 Å². The third-order valence-electron chi connectivity index (χ3n) is 3.14. The van der Waals surface area contributed by atoms with Crippen molar-refractivity contribution in [1.82, 2.24) is 15.2 Å². The van der Waals surface area contributed by atoms with Crippen LogP contribution in [0.25, 0.3) is 6.08 Å². The van der Waals surface area contributed by atoms with E-state index in [1.807, 2.05) is 31.2 Å². The molecule has 1 aromatic heterocycles. The molecule has 0 spiro atoms. The molecule has 1 aliphatic heterocycles. The van der Waals surface area contributed by atoms with Crippen molar-refractivity contribution >= 4 is 12.0 Å². The zero-order valence-electron chi connectivity index (χ0n) is 10.7. The maximum absolute atomic E-state index is 11.7. The summed E-state index contributed by atoms with van der Waals surface area (Å²) >= 11 is 0. The topological polar surface area (TPSA) is 45.2 Å². The van der Waals surface area contributed by atoms with Crippen molar-refractivity contribution in [3.63, 3.8) is 0 Å². The summed E-state index contributed by atoms with van der Waals surface area (Å²) in [4.78, 5) is 18.1. The SMILES string of the molecule is CCC1C(=O)NCCN1C/C=C/c1ccccn1. The number of amides is 1. The molecule has 1 aromatic rings. The summed E-state index contributed by atoms with van der Waals surface area (Å²) in [6.07, 6.45) is 6.70. The number of carbonyl (C=O) groups is 1. The molecule has 1 N–H and O–H groups in total. The minimum Gasteiger partial charge on any atom is -0.353 e. The Morgan fingerprint density at radius 3 is 3.17 bits per heavy atom. The molecule has 0 bridgehead atoms. The molecule has 1 fully saturated rings. The van der Waals surface area contributed by atoms with E-state index < -0.39 is 0 Å². The lowest BCUT2D eigenvalue weighted by molar-refractivity contribution is -0.128. The monoisotopic (exact) mass is 245 g/mol. The van der Waals surface area contributed by atoms with Crippen molar-refractivity contribution < 1.29 is 4.79 Å². The van der Waals surface area contributed by atoms with E-state index in [9.17, 15) is 4.79 Å². The van der Waals surface area contributed by atoms with E-state index in [-0.39, 0.29) is 11.9 Å². The first-order valence-electron chi connectivity index (χ1n) is 6.40. The molecule has 1 amide bonds. The average Bonchev–Trinajstić information content (AvgIpc) is 2.40. The van der Waals surface area contributed by atoms with Gasteiger partial charge in [-0.3, -0.25) is 14.7 Å². The Hall–Kier alpha value is -1.68. The van der Waals surface area contributed by atoms with E-state index in [1.54, 1.807) is 6.20 Å². The van der Waals surface area contributed by atoms with Gasteiger partial charge in [-0.2, -0.15) is 0 Å². The third kappa shape index (κ3) is 3.17. The number of hydrogen-bond donors (Lipinski definition) is 1. The molecule has 0 aromatic carbocycles. The molecule has 18 heavy (non-hydrogen) atoms. The molecule has 96 valence electrons. The Morgan fingerprint density at radius 1 is 1.56 bits per heavy atom. The molecule has 2 heterocycles. The fourth-order valence-electron chi connectivity index (χ4n) is 2.21. The van der Waals surface area contributed by atoms with Gasteiger partial charge in [-0.15, -0.1) is 0 Å². The first-order chi connectivity index (χ1) is 8.81. The number of carbonyl (C=O) groups excluding carboxylic acids is 1. The number of piperazine rings is 1. The van der Waals surface area contributed by atoms with E-state index in [4.69, 9.17) is 0 Å². The highest BCUT2D eigenvalue weighted by Crippen LogP contribution is 2.08. The predicted octanol–water partition coefficient (Wildman–Crippen LogP) is 1.31. The number of pyridine rings is 1. The summed E-state index contributed by atoms with van der Waals surface area (Å²) in [6, 6.07) is 5.85. The second kappa shape index (κ2) is 6.31. The van der Waals surface area contributed by atoms with E-state index in [0.29, 0.717) is 0 Å². The first kappa shape index (κ1) is 12.8. The van der Waals surface area contributed by atoms with Crippen molar-refractivity contribution in [2.75, 3.05) is 19.6 Å². The molecular formula is C14H19N3O. The van der Waals surface area contributed by atoms with Gasteiger partial charge in [0.15, 0.2) is 0 Å². The maximum Gasteiger partial charge on any atom is 0.237 e. The van der Waals surface area contributed by atoms with Crippen molar-refractivity contribution in [3.8, 4) is 0 Å². The van der Waals surface area contributed by atoms with Crippen LogP contribution >= 0.6 is 0 Å². The smallest absolute Gasteiger partial charge is 0.237 e. The molecule has 0 aliphatic carbocycles. The summed E-state index contributed by atoms with van der Waals surface area (Å²) in [5, 5.41) is 2.90. The summed E-state index contributed by atoms with van der Waals surface area (Å²) in [6.45, 7) is 4.50. The van der Waals surface area contributed by atoms with Gasteiger partial charge in [-0.1, -0.05) is 19.1 Å². The number of hydrogen-bond acceptors (Lipinski definition) is 3. The highest BCUT2D eigenvalue weighted by molar-refractivity contribution is 5.82. The largest absolute Gasteiger partial charge is 0.353 e. The van der Waals surface area contributed by atoms with Crippen LogP contribution in [0.1, 0.15) is 19.0 Å². The molecule has 0 radical (unpaired) electrons. The first-order valence-corrected chi connectivity index (χ1v) is 6.40. The standard InChI is InChI=1S/C14H19N3O/c1-2-13-14(18)16-9-11-17(13)10-5-7-12-6-3-4-8-15-12/h3-8,13H,2,9-11H2,1H3,(H,16,18)/b7-5+. The lowest BCUT2D eigenvalue weighted by Gasteiger charge is -2.33. The summed E-state index contributed by atoms with van der Waals surface area (Å²) in [5.41, 5.74) is 0.951. The quantitative estimate of drug-likeness (QED) is 0.870. The van der Waals surface area contributed by atoms with E-state index >= 15 is 0 Å². The van der Waals surface area contributed by atoms with Crippen LogP contribution in [0.15, 0.2) is 30.5 Å². The molecule has 4 nitrogen and oxygen atoms in total. The van der Waals surface area contributed by atoms with Gasteiger partial charge in [-0.05, 0) is 24.6 Å². The number of nitrogens with one attached hydrogen (secondary N) is 1.